The number of nitrogens with one attached hydrogen (secondary N) is 2. The third kappa shape index (κ3) is 4.21. The van der Waals surface area contributed by atoms with Gasteiger partial charge < -0.3 is 10.6 Å². The Morgan fingerprint density at radius 3 is 2.70 bits per heavy atom. The molecular weight excluding hydrogens is 248 g/mol. The van der Waals surface area contributed by atoms with Crippen LogP contribution in [-0.4, -0.2) is 25.5 Å². The van der Waals surface area contributed by atoms with Crippen molar-refractivity contribution in [2.75, 3.05) is 19.6 Å². The lowest BCUT2D eigenvalue weighted by atomic mass is 9.76. The lowest BCUT2D eigenvalue weighted by Gasteiger charge is -2.36. The minimum Gasteiger partial charge on any atom is -0.356 e. The maximum Gasteiger partial charge on any atom is 0.227 e. The Morgan fingerprint density at radius 1 is 1.25 bits per heavy atom. The van der Waals surface area contributed by atoms with Gasteiger partial charge in [0.15, 0.2) is 0 Å². The molecule has 2 fully saturated rings. The minimum atomic E-state index is -0.125. The van der Waals surface area contributed by atoms with Crippen molar-refractivity contribution in [2.45, 2.75) is 71.1 Å². The summed E-state index contributed by atoms with van der Waals surface area (Å²) < 4.78 is 0. The Morgan fingerprint density at radius 2 is 2.05 bits per heavy atom. The van der Waals surface area contributed by atoms with Crippen LogP contribution in [0.3, 0.4) is 0 Å². The highest BCUT2D eigenvalue weighted by atomic mass is 16.2. The van der Waals surface area contributed by atoms with Crippen molar-refractivity contribution in [2.24, 2.45) is 11.3 Å². The van der Waals surface area contributed by atoms with E-state index < -0.39 is 0 Å². The smallest absolute Gasteiger partial charge is 0.227 e. The molecule has 3 nitrogen and oxygen atoms in total. The zero-order valence-corrected chi connectivity index (χ0v) is 13.2. The molecule has 3 heteroatoms. The van der Waals surface area contributed by atoms with Crippen LogP contribution in [0.25, 0.3) is 0 Å². The van der Waals surface area contributed by atoms with Gasteiger partial charge in [0.2, 0.25) is 5.91 Å². The van der Waals surface area contributed by atoms with Gasteiger partial charge in [-0.3, -0.25) is 4.79 Å². The SMILES string of the molecule is CCCC1(C(=O)NCCC2CCCCC2)CCCNC1. The van der Waals surface area contributed by atoms with E-state index in [1.54, 1.807) is 0 Å². The Bertz CT molecular complexity index is 286. The van der Waals surface area contributed by atoms with Crippen molar-refractivity contribution in [1.29, 1.82) is 0 Å². The van der Waals surface area contributed by atoms with E-state index in [1.165, 1.54) is 38.5 Å². The third-order valence-electron chi connectivity index (χ3n) is 5.25. The molecule has 0 spiro atoms. The number of hydrogen-bond donors (Lipinski definition) is 2. The molecule has 0 aromatic heterocycles. The largest absolute Gasteiger partial charge is 0.356 e. The fraction of sp³-hybridized carbons (Fsp3) is 0.941. The van der Waals surface area contributed by atoms with Crippen LogP contribution in [0.2, 0.25) is 0 Å². The number of carbonyl (C=O) groups is 1. The number of hydrogen-bond acceptors (Lipinski definition) is 2. The molecule has 0 bridgehead atoms. The zero-order chi connectivity index (χ0) is 14.3. The molecule has 1 aliphatic heterocycles. The van der Waals surface area contributed by atoms with Gasteiger partial charge in [-0.1, -0.05) is 45.4 Å². The first-order valence-corrected chi connectivity index (χ1v) is 8.76. The number of rotatable bonds is 6. The predicted molar refractivity (Wildman–Crippen MR) is 83.6 cm³/mol. The number of piperidine rings is 1. The third-order valence-corrected chi connectivity index (χ3v) is 5.25. The maximum absolute atomic E-state index is 12.6. The van der Waals surface area contributed by atoms with E-state index in [0.717, 1.165) is 51.2 Å². The lowest BCUT2D eigenvalue weighted by Crippen LogP contribution is -2.50. The van der Waals surface area contributed by atoms with Crippen molar-refractivity contribution >= 4 is 5.91 Å². The summed E-state index contributed by atoms with van der Waals surface area (Å²) in [7, 11) is 0. The summed E-state index contributed by atoms with van der Waals surface area (Å²) in [6.45, 7) is 5.01. The number of carbonyl (C=O) groups excluding carboxylic acids is 1. The Hall–Kier alpha value is -0.570. The van der Waals surface area contributed by atoms with Gasteiger partial charge in [0.25, 0.3) is 0 Å². The van der Waals surface area contributed by atoms with Crippen molar-refractivity contribution in [3.05, 3.63) is 0 Å². The number of amides is 1. The van der Waals surface area contributed by atoms with Gasteiger partial charge in [0.05, 0.1) is 5.41 Å². The fourth-order valence-corrected chi connectivity index (χ4v) is 4.02. The van der Waals surface area contributed by atoms with Crippen molar-refractivity contribution < 1.29 is 4.79 Å². The van der Waals surface area contributed by atoms with Gasteiger partial charge in [-0.05, 0) is 38.1 Å². The van der Waals surface area contributed by atoms with Gasteiger partial charge in [-0.2, -0.15) is 0 Å². The molecule has 1 amide bonds. The van der Waals surface area contributed by atoms with Gasteiger partial charge in [0.1, 0.15) is 0 Å². The molecule has 1 heterocycles. The molecule has 2 aliphatic rings. The molecule has 2 rings (SSSR count). The van der Waals surface area contributed by atoms with Crippen LogP contribution in [0.1, 0.15) is 71.1 Å². The second-order valence-corrected chi connectivity index (χ2v) is 6.86. The summed E-state index contributed by atoms with van der Waals surface area (Å²) in [6.07, 6.45) is 12.4. The molecule has 1 saturated carbocycles. The van der Waals surface area contributed by atoms with E-state index in [4.69, 9.17) is 0 Å². The summed E-state index contributed by atoms with van der Waals surface area (Å²) in [5, 5.41) is 6.67. The molecule has 0 aromatic carbocycles. The second-order valence-electron chi connectivity index (χ2n) is 6.86. The molecule has 1 atom stereocenters. The van der Waals surface area contributed by atoms with E-state index in [9.17, 15) is 4.79 Å². The fourth-order valence-electron chi connectivity index (χ4n) is 4.02. The molecule has 116 valence electrons. The highest BCUT2D eigenvalue weighted by molar-refractivity contribution is 5.83. The molecule has 20 heavy (non-hydrogen) atoms. The first-order valence-electron chi connectivity index (χ1n) is 8.76. The van der Waals surface area contributed by atoms with E-state index >= 15 is 0 Å². The standard InChI is InChI=1S/C17H32N2O/c1-2-10-17(11-6-12-18-14-17)16(20)19-13-9-15-7-4-3-5-8-15/h15,18H,2-14H2,1H3,(H,19,20). The highest BCUT2D eigenvalue weighted by Crippen LogP contribution is 2.32. The average Bonchev–Trinajstić information content (AvgIpc) is 2.49. The molecule has 0 aromatic rings. The first kappa shape index (κ1) is 15.8. The first-order chi connectivity index (χ1) is 9.77. The molecule has 0 radical (unpaired) electrons. The van der Waals surface area contributed by atoms with Crippen LogP contribution in [0, 0.1) is 11.3 Å². The van der Waals surface area contributed by atoms with Crippen LogP contribution >= 0.6 is 0 Å². The molecule has 1 unspecified atom stereocenters. The van der Waals surface area contributed by atoms with Crippen LogP contribution in [0.15, 0.2) is 0 Å². The summed E-state index contributed by atoms with van der Waals surface area (Å²) in [5.41, 5.74) is -0.125. The molecule has 1 aliphatic carbocycles. The van der Waals surface area contributed by atoms with Gasteiger partial charge in [-0.25, -0.2) is 0 Å². The predicted octanol–water partition coefficient (Wildman–Crippen LogP) is 3.24. The van der Waals surface area contributed by atoms with Crippen LogP contribution in [0.5, 0.6) is 0 Å². The average molecular weight is 280 g/mol. The minimum absolute atomic E-state index is 0.125. The summed E-state index contributed by atoms with van der Waals surface area (Å²) in [5.74, 6) is 1.16. The van der Waals surface area contributed by atoms with Crippen LogP contribution in [0.4, 0.5) is 0 Å². The summed E-state index contributed by atoms with van der Waals surface area (Å²) >= 11 is 0. The molecule has 1 saturated heterocycles. The monoisotopic (exact) mass is 280 g/mol. The Balaban J connectivity index is 1.76. The van der Waals surface area contributed by atoms with E-state index in [1.807, 2.05) is 0 Å². The van der Waals surface area contributed by atoms with Crippen LogP contribution < -0.4 is 10.6 Å². The van der Waals surface area contributed by atoms with E-state index in [0.29, 0.717) is 5.91 Å². The summed E-state index contributed by atoms with van der Waals surface area (Å²) in [4.78, 5) is 12.6. The van der Waals surface area contributed by atoms with E-state index in [-0.39, 0.29) is 5.41 Å². The van der Waals surface area contributed by atoms with Crippen LogP contribution in [-0.2, 0) is 4.79 Å². The van der Waals surface area contributed by atoms with Gasteiger partial charge in [-0.15, -0.1) is 0 Å². The van der Waals surface area contributed by atoms with Crippen molar-refractivity contribution in [3.63, 3.8) is 0 Å². The quantitative estimate of drug-likeness (QED) is 0.784. The second kappa shape index (κ2) is 8.02. The normalized spacial score (nSPS) is 28.2. The van der Waals surface area contributed by atoms with Crippen molar-refractivity contribution in [1.82, 2.24) is 10.6 Å². The Labute approximate surface area is 124 Å². The van der Waals surface area contributed by atoms with Gasteiger partial charge in [0, 0.05) is 13.1 Å². The molecular formula is C17H32N2O. The van der Waals surface area contributed by atoms with Gasteiger partial charge >= 0.3 is 0 Å². The van der Waals surface area contributed by atoms with Crippen molar-refractivity contribution in [3.8, 4) is 0 Å². The molecule has 2 N–H and O–H groups in total. The zero-order valence-electron chi connectivity index (χ0n) is 13.2. The lowest BCUT2D eigenvalue weighted by molar-refractivity contribution is -0.132. The topological polar surface area (TPSA) is 41.1 Å². The summed E-state index contributed by atoms with van der Waals surface area (Å²) in [6, 6.07) is 0. The highest BCUT2D eigenvalue weighted by Gasteiger charge is 2.38. The van der Waals surface area contributed by atoms with E-state index in [2.05, 4.69) is 17.6 Å². The maximum atomic E-state index is 12.6. The Kier molecular flexibility index (Phi) is 6.34.